The summed E-state index contributed by atoms with van der Waals surface area (Å²) in [5.41, 5.74) is 2.79. The van der Waals surface area contributed by atoms with Gasteiger partial charge in [0, 0.05) is 17.2 Å². The highest BCUT2D eigenvalue weighted by molar-refractivity contribution is 5.95. The maximum atomic E-state index is 13.1. The highest BCUT2D eigenvalue weighted by Gasteiger charge is 2.20. The van der Waals surface area contributed by atoms with Crippen molar-refractivity contribution in [2.24, 2.45) is 5.92 Å². The number of hydrogen-bond acceptors (Lipinski definition) is 2. The number of amides is 2. The van der Waals surface area contributed by atoms with E-state index in [1.807, 2.05) is 36.5 Å². The van der Waals surface area contributed by atoms with Crippen molar-refractivity contribution in [2.45, 2.75) is 33.2 Å². The fraction of sp³-hybridized carbons (Fsp3) is 0.364. The first kappa shape index (κ1) is 21.6. The average molecular weight is 386 g/mol. The zero-order valence-corrected chi connectivity index (χ0v) is 16.7. The molecule has 0 spiro atoms. The molecule has 150 valence electrons. The van der Waals surface area contributed by atoms with Crippen molar-refractivity contribution < 1.29 is 19.3 Å². The molecule has 0 heterocycles. The fourth-order valence-corrected chi connectivity index (χ4v) is 3.11. The molecule has 0 aliphatic carbocycles. The molecule has 5 nitrogen and oxygen atoms in total. The van der Waals surface area contributed by atoms with Crippen LogP contribution in [0.4, 0.5) is 10.1 Å². The van der Waals surface area contributed by atoms with Gasteiger partial charge in [-0.25, -0.2) is 4.39 Å². The average Bonchev–Trinajstić information content (AvgIpc) is 2.68. The quantitative estimate of drug-likeness (QED) is 0.619. The molecule has 0 fully saturated rings. The zero-order valence-electron chi connectivity index (χ0n) is 16.7. The van der Waals surface area contributed by atoms with Crippen molar-refractivity contribution in [3.05, 3.63) is 65.5 Å². The molecule has 28 heavy (non-hydrogen) atoms. The summed E-state index contributed by atoms with van der Waals surface area (Å²) in [4.78, 5) is 24.3. The van der Waals surface area contributed by atoms with E-state index in [4.69, 9.17) is 0 Å². The number of carbonyl (C=O) groups excluding carboxylic acids is 2. The van der Waals surface area contributed by atoms with E-state index in [2.05, 4.69) is 24.5 Å². The molecule has 4 N–H and O–H groups in total. The van der Waals surface area contributed by atoms with Crippen LogP contribution in [0.5, 0.6) is 0 Å². The van der Waals surface area contributed by atoms with Crippen LogP contribution in [0.2, 0.25) is 0 Å². The van der Waals surface area contributed by atoms with Crippen molar-refractivity contribution in [2.75, 3.05) is 18.4 Å². The van der Waals surface area contributed by atoms with E-state index in [0.29, 0.717) is 0 Å². The molecule has 2 aromatic rings. The van der Waals surface area contributed by atoms with Gasteiger partial charge in [-0.15, -0.1) is 0 Å². The van der Waals surface area contributed by atoms with Gasteiger partial charge in [-0.05, 0) is 30.2 Å². The standard InChI is InChI=1S/C22H28FN3O2/c1-4-16-7-5-6-8-19(16)26-21(28)14-24-20(27)13-25-22(15(2)3)17-9-11-18(23)12-10-17/h5-12,15,22,25H,4,13-14H2,1-3H3,(H,24,27)(H,26,28)/p+1/t22-/m0/s1. The largest absolute Gasteiger partial charge is 0.342 e. The van der Waals surface area contributed by atoms with Gasteiger partial charge >= 0.3 is 0 Å². The maximum absolute atomic E-state index is 13.1. The number of anilines is 1. The summed E-state index contributed by atoms with van der Waals surface area (Å²) in [6.07, 6.45) is 0.817. The van der Waals surface area contributed by atoms with E-state index >= 15 is 0 Å². The molecule has 0 saturated heterocycles. The molecule has 0 saturated carbocycles. The molecule has 0 radical (unpaired) electrons. The Morgan fingerprint density at radius 3 is 2.36 bits per heavy atom. The van der Waals surface area contributed by atoms with Gasteiger partial charge < -0.3 is 16.0 Å². The lowest BCUT2D eigenvalue weighted by Gasteiger charge is -2.19. The van der Waals surface area contributed by atoms with Crippen LogP contribution in [-0.2, 0) is 16.0 Å². The van der Waals surface area contributed by atoms with Crippen molar-refractivity contribution in [1.29, 1.82) is 0 Å². The summed E-state index contributed by atoms with van der Waals surface area (Å²) >= 11 is 0. The number of hydrogen-bond donors (Lipinski definition) is 3. The van der Waals surface area contributed by atoms with Crippen molar-refractivity contribution in [1.82, 2.24) is 5.32 Å². The zero-order chi connectivity index (χ0) is 20.5. The fourth-order valence-electron chi connectivity index (χ4n) is 3.11. The van der Waals surface area contributed by atoms with Crippen molar-refractivity contribution in [3.63, 3.8) is 0 Å². The molecule has 0 bridgehead atoms. The number of carbonyl (C=O) groups is 2. The molecule has 2 aromatic carbocycles. The van der Waals surface area contributed by atoms with E-state index in [9.17, 15) is 14.0 Å². The lowest BCUT2D eigenvalue weighted by Crippen LogP contribution is -2.88. The number of aryl methyl sites for hydroxylation is 1. The van der Waals surface area contributed by atoms with Crippen LogP contribution in [0.25, 0.3) is 0 Å². The normalized spacial score (nSPS) is 11.9. The van der Waals surface area contributed by atoms with E-state index in [-0.39, 0.29) is 42.7 Å². The third-order valence-electron chi connectivity index (χ3n) is 4.65. The molecule has 0 aromatic heterocycles. The third-order valence-corrected chi connectivity index (χ3v) is 4.65. The van der Waals surface area contributed by atoms with Crippen LogP contribution in [0.1, 0.15) is 37.9 Å². The highest BCUT2D eigenvalue weighted by Crippen LogP contribution is 2.18. The molecular formula is C22H29FN3O2+. The Kier molecular flexibility index (Phi) is 8.14. The minimum absolute atomic E-state index is 0.0385. The first-order valence-corrected chi connectivity index (χ1v) is 9.64. The topological polar surface area (TPSA) is 74.8 Å². The lowest BCUT2D eigenvalue weighted by molar-refractivity contribution is -0.692. The van der Waals surface area contributed by atoms with E-state index in [0.717, 1.165) is 23.2 Å². The summed E-state index contributed by atoms with van der Waals surface area (Å²) in [6.45, 7) is 6.25. The SMILES string of the molecule is CCc1ccccc1NC(=O)CNC(=O)C[NH2+][C@H](c1ccc(F)cc1)C(C)C. The second kappa shape index (κ2) is 10.6. The predicted octanol–water partition coefficient (Wildman–Crippen LogP) is 2.40. The van der Waals surface area contributed by atoms with Crippen LogP contribution in [0, 0.1) is 11.7 Å². The molecule has 0 unspecified atom stereocenters. The van der Waals surface area contributed by atoms with Crippen LogP contribution in [0.3, 0.4) is 0 Å². The number of rotatable bonds is 9. The number of para-hydroxylation sites is 1. The van der Waals surface area contributed by atoms with Gasteiger partial charge in [0.1, 0.15) is 11.9 Å². The Hall–Kier alpha value is -2.73. The first-order chi connectivity index (χ1) is 13.4. The third kappa shape index (κ3) is 6.46. The second-order valence-corrected chi connectivity index (χ2v) is 7.10. The van der Waals surface area contributed by atoms with Gasteiger partial charge in [-0.2, -0.15) is 0 Å². The van der Waals surface area contributed by atoms with Crippen LogP contribution in [0.15, 0.2) is 48.5 Å². The van der Waals surface area contributed by atoms with Crippen LogP contribution in [-0.4, -0.2) is 24.9 Å². The molecule has 6 heteroatoms. The Morgan fingerprint density at radius 1 is 1.04 bits per heavy atom. The Bertz CT molecular complexity index is 791. The number of benzene rings is 2. The number of nitrogens with one attached hydrogen (secondary N) is 2. The Morgan fingerprint density at radius 2 is 1.71 bits per heavy atom. The van der Waals surface area contributed by atoms with Gasteiger partial charge in [0.15, 0.2) is 6.54 Å². The summed E-state index contributed by atoms with van der Waals surface area (Å²) in [5.74, 6) is -0.480. The van der Waals surface area contributed by atoms with Gasteiger partial charge in [0.2, 0.25) is 5.91 Å². The van der Waals surface area contributed by atoms with E-state index in [1.165, 1.54) is 12.1 Å². The Balaban J connectivity index is 1.82. The summed E-state index contributed by atoms with van der Waals surface area (Å²) in [5, 5.41) is 7.40. The molecule has 0 aliphatic heterocycles. The summed E-state index contributed by atoms with van der Waals surface area (Å²) < 4.78 is 13.1. The molecule has 1 atom stereocenters. The molecule has 2 amide bonds. The molecule has 2 rings (SSSR count). The van der Waals surface area contributed by atoms with E-state index in [1.54, 1.807) is 12.1 Å². The lowest BCUT2D eigenvalue weighted by atomic mass is 9.96. The van der Waals surface area contributed by atoms with Crippen molar-refractivity contribution >= 4 is 17.5 Å². The molecule has 0 aliphatic rings. The number of quaternary nitrogens is 1. The minimum Gasteiger partial charge on any atom is -0.342 e. The minimum atomic E-state index is -0.278. The van der Waals surface area contributed by atoms with Gasteiger partial charge in [-0.3, -0.25) is 9.59 Å². The monoisotopic (exact) mass is 386 g/mol. The predicted molar refractivity (Wildman–Crippen MR) is 108 cm³/mol. The maximum Gasteiger partial charge on any atom is 0.275 e. The number of halogens is 1. The van der Waals surface area contributed by atoms with Gasteiger partial charge in [0.05, 0.1) is 6.54 Å². The highest BCUT2D eigenvalue weighted by atomic mass is 19.1. The van der Waals surface area contributed by atoms with Gasteiger partial charge in [-0.1, -0.05) is 51.1 Å². The summed E-state index contributed by atoms with van der Waals surface area (Å²) in [7, 11) is 0. The number of nitrogens with two attached hydrogens (primary N) is 1. The smallest absolute Gasteiger partial charge is 0.275 e. The van der Waals surface area contributed by atoms with E-state index < -0.39 is 0 Å². The van der Waals surface area contributed by atoms with Crippen LogP contribution >= 0.6 is 0 Å². The van der Waals surface area contributed by atoms with Crippen LogP contribution < -0.4 is 16.0 Å². The second-order valence-electron chi connectivity index (χ2n) is 7.10. The summed E-state index contributed by atoms with van der Waals surface area (Å²) in [6, 6.07) is 14.0. The van der Waals surface area contributed by atoms with Crippen molar-refractivity contribution in [3.8, 4) is 0 Å². The Labute approximate surface area is 165 Å². The molecular weight excluding hydrogens is 357 g/mol. The van der Waals surface area contributed by atoms with Gasteiger partial charge in [0.25, 0.3) is 5.91 Å². The first-order valence-electron chi connectivity index (χ1n) is 9.64.